The van der Waals surface area contributed by atoms with Crippen molar-refractivity contribution in [3.63, 3.8) is 0 Å². The van der Waals surface area contributed by atoms with Gasteiger partial charge in [0.25, 0.3) is 0 Å². The molecule has 0 aromatic rings. The number of amides is 1. The summed E-state index contributed by atoms with van der Waals surface area (Å²) in [6, 6.07) is -0.669. The second-order valence-electron chi connectivity index (χ2n) is 11.2. The van der Waals surface area contributed by atoms with Crippen LogP contribution < -0.4 is 5.32 Å². The van der Waals surface area contributed by atoms with Crippen molar-refractivity contribution in [2.75, 3.05) is 6.61 Å². The summed E-state index contributed by atoms with van der Waals surface area (Å²) in [5.41, 5.74) is 0. The maximum atomic E-state index is 12.3. The van der Waals surface area contributed by atoms with E-state index in [4.69, 9.17) is 0 Å². The van der Waals surface area contributed by atoms with E-state index >= 15 is 0 Å². The van der Waals surface area contributed by atoms with Gasteiger partial charge in [0.1, 0.15) is 0 Å². The minimum absolute atomic E-state index is 0.122. The molecule has 0 saturated carbocycles. The van der Waals surface area contributed by atoms with Crippen molar-refractivity contribution in [3.05, 3.63) is 122 Å². The van der Waals surface area contributed by atoms with Crippen LogP contribution in [0.4, 0.5) is 0 Å². The average molecular weight is 632 g/mol. The first-order chi connectivity index (χ1) is 22.7. The lowest BCUT2D eigenvalue weighted by molar-refractivity contribution is -0.123. The monoisotopic (exact) mass is 631 g/mol. The minimum Gasteiger partial charge on any atom is -0.394 e. The smallest absolute Gasteiger partial charge is 0.220 e. The van der Waals surface area contributed by atoms with Gasteiger partial charge >= 0.3 is 0 Å². The van der Waals surface area contributed by atoms with Crippen LogP contribution in [-0.4, -0.2) is 34.9 Å². The summed E-state index contributed by atoms with van der Waals surface area (Å²) in [6.07, 6.45) is 57.3. The van der Waals surface area contributed by atoms with Crippen LogP contribution in [0.3, 0.4) is 0 Å². The molecule has 0 saturated heterocycles. The molecule has 0 aliphatic carbocycles. The third-order valence-corrected chi connectivity index (χ3v) is 7.00. The molecule has 3 N–H and O–H groups in total. The number of carbonyl (C=O) groups is 1. The fourth-order valence-corrected chi connectivity index (χ4v) is 4.31. The molecule has 4 heteroatoms. The summed E-state index contributed by atoms with van der Waals surface area (Å²) >= 11 is 0. The highest BCUT2D eigenvalue weighted by atomic mass is 16.3. The predicted molar refractivity (Wildman–Crippen MR) is 202 cm³/mol. The summed E-state index contributed by atoms with van der Waals surface area (Å²) in [5.74, 6) is -0.122. The Balaban J connectivity index is 3.80. The number of allylic oxidation sites excluding steroid dienone is 19. The van der Waals surface area contributed by atoms with Gasteiger partial charge in [0.15, 0.2) is 0 Å². The Kier molecular flexibility index (Phi) is 33.7. The average Bonchev–Trinajstić information content (AvgIpc) is 3.06. The van der Waals surface area contributed by atoms with Crippen molar-refractivity contribution in [1.29, 1.82) is 0 Å². The predicted octanol–water partition coefficient (Wildman–Crippen LogP) is 10.7. The number of aliphatic hydroxyl groups is 2. The third kappa shape index (κ3) is 32.2. The van der Waals surface area contributed by atoms with Gasteiger partial charge in [-0.3, -0.25) is 4.79 Å². The zero-order valence-electron chi connectivity index (χ0n) is 29.0. The topological polar surface area (TPSA) is 69.6 Å². The van der Waals surface area contributed by atoms with Crippen LogP contribution in [0.1, 0.15) is 117 Å². The number of hydrogen-bond donors (Lipinski definition) is 3. The zero-order valence-corrected chi connectivity index (χ0v) is 29.0. The summed E-state index contributed by atoms with van der Waals surface area (Å²) in [5, 5.41) is 22.7. The largest absolute Gasteiger partial charge is 0.394 e. The van der Waals surface area contributed by atoms with Crippen LogP contribution in [0.2, 0.25) is 0 Å². The third-order valence-electron chi connectivity index (χ3n) is 7.00. The number of carbonyl (C=O) groups excluding carboxylic acids is 1. The lowest BCUT2D eigenvalue weighted by atomic mass is 10.1. The second-order valence-corrected chi connectivity index (χ2v) is 11.2. The Morgan fingerprint density at radius 2 is 1.00 bits per heavy atom. The number of unbranched alkanes of at least 4 members (excludes halogenated alkanes) is 5. The molecule has 1 amide bonds. The van der Waals surface area contributed by atoms with Gasteiger partial charge in [-0.25, -0.2) is 0 Å². The van der Waals surface area contributed by atoms with Crippen molar-refractivity contribution in [2.24, 2.45) is 0 Å². The maximum absolute atomic E-state index is 12.3. The van der Waals surface area contributed by atoms with E-state index in [2.05, 4.69) is 122 Å². The van der Waals surface area contributed by atoms with Crippen LogP contribution in [0.15, 0.2) is 122 Å². The SMILES string of the molecule is C/C=C/CC/C=C/CC/C=C/C(O)C(CO)NC(=O)CCCCC/C=C\C/C=C\C/C=C\C/C=C\C/C=C\C/C=C\C/C=C\CC. The Bertz CT molecular complexity index is 990. The Morgan fingerprint density at radius 1 is 0.565 bits per heavy atom. The first kappa shape index (κ1) is 42.8. The van der Waals surface area contributed by atoms with Gasteiger partial charge < -0.3 is 15.5 Å². The molecule has 0 spiro atoms. The van der Waals surface area contributed by atoms with E-state index in [0.717, 1.165) is 96.3 Å². The minimum atomic E-state index is -0.890. The molecule has 2 atom stereocenters. The van der Waals surface area contributed by atoms with Crippen molar-refractivity contribution < 1.29 is 15.0 Å². The molecule has 0 aromatic heterocycles. The summed E-state index contributed by atoms with van der Waals surface area (Å²) in [4.78, 5) is 12.3. The molecule has 0 aliphatic heterocycles. The molecule has 0 rings (SSSR count). The molecular weight excluding hydrogens is 566 g/mol. The highest BCUT2D eigenvalue weighted by Crippen LogP contribution is 2.06. The van der Waals surface area contributed by atoms with Crippen LogP contribution in [0, 0.1) is 0 Å². The van der Waals surface area contributed by atoms with Gasteiger partial charge in [-0.05, 0) is 96.8 Å². The van der Waals surface area contributed by atoms with E-state index < -0.39 is 12.1 Å². The normalized spacial score (nSPS) is 14.6. The lowest BCUT2D eigenvalue weighted by Crippen LogP contribution is -2.45. The quantitative estimate of drug-likeness (QED) is 0.0568. The lowest BCUT2D eigenvalue weighted by Gasteiger charge is -2.19. The Morgan fingerprint density at radius 3 is 1.48 bits per heavy atom. The van der Waals surface area contributed by atoms with Crippen LogP contribution in [0.25, 0.3) is 0 Å². The van der Waals surface area contributed by atoms with E-state index in [1.54, 1.807) is 6.08 Å². The number of hydrogen-bond acceptors (Lipinski definition) is 3. The van der Waals surface area contributed by atoms with Crippen LogP contribution in [-0.2, 0) is 4.79 Å². The summed E-state index contributed by atoms with van der Waals surface area (Å²) in [7, 11) is 0. The first-order valence-corrected chi connectivity index (χ1v) is 17.7. The molecule has 0 fully saturated rings. The molecule has 0 aliphatic rings. The maximum Gasteiger partial charge on any atom is 0.220 e. The Labute approximate surface area is 282 Å². The molecule has 0 bridgehead atoms. The van der Waals surface area contributed by atoms with Crippen molar-refractivity contribution in [2.45, 2.75) is 129 Å². The van der Waals surface area contributed by atoms with E-state index in [-0.39, 0.29) is 12.5 Å². The standard InChI is InChI=1S/C42H65NO3/c1-3-5-7-9-11-13-14-15-16-17-18-19-20-21-22-23-24-25-26-27-28-30-32-34-36-38-42(46)43-40(39-44)41(45)37-35-33-31-29-12-10-8-6-4-2/h4-7,11-13,15-16,18-19,21-22,24-25,27-29,35,37,40-41,44-45H,3,8-10,14,17,20,23,26,30-34,36,38-39H2,1-2H3,(H,43,46)/b6-4+,7-5-,13-11-,16-15-,19-18-,22-21-,25-24-,28-27-,29-12+,37-35+. The number of nitrogens with one attached hydrogen (secondary N) is 1. The fraction of sp³-hybridized carbons (Fsp3) is 0.500. The van der Waals surface area contributed by atoms with Crippen molar-refractivity contribution in [1.82, 2.24) is 5.32 Å². The van der Waals surface area contributed by atoms with E-state index in [1.165, 1.54) is 0 Å². The van der Waals surface area contributed by atoms with Gasteiger partial charge in [-0.2, -0.15) is 0 Å². The second kappa shape index (κ2) is 36.3. The van der Waals surface area contributed by atoms with Crippen molar-refractivity contribution >= 4 is 5.91 Å². The Hall–Kier alpha value is -3.21. The van der Waals surface area contributed by atoms with Gasteiger partial charge in [-0.15, -0.1) is 0 Å². The van der Waals surface area contributed by atoms with E-state index in [1.807, 2.05) is 13.0 Å². The first-order valence-electron chi connectivity index (χ1n) is 17.7. The molecule has 0 aromatic carbocycles. The molecule has 256 valence electrons. The van der Waals surface area contributed by atoms with Gasteiger partial charge in [0, 0.05) is 6.42 Å². The van der Waals surface area contributed by atoms with Gasteiger partial charge in [0.05, 0.1) is 18.8 Å². The fourth-order valence-electron chi connectivity index (χ4n) is 4.31. The molecule has 2 unspecified atom stereocenters. The molecule has 4 nitrogen and oxygen atoms in total. The van der Waals surface area contributed by atoms with E-state index in [9.17, 15) is 15.0 Å². The number of rotatable bonds is 29. The van der Waals surface area contributed by atoms with Gasteiger partial charge in [0.2, 0.25) is 5.91 Å². The van der Waals surface area contributed by atoms with Gasteiger partial charge in [-0.1, -0.05) is 135 Å². The van der Waals surface area contributed by atoms with Crippen LogP contribution in [0.5, 0.6) is 0 Å². The molecular formula is C42H65NO3. The van der Waals surface area contributed by atoms with Crippen molar-refractivity contribution in [3.8, 4) is 0 Å². The molecule has 46 heavy (non-hydrogen) atoms. The number of aliphatic hydroxyl groups excluding tert-OH is 2. The molecule has 0 radical (unpaired) electrons. The highest BCUT2D eigenvalue weighted by molar-refractivity contribution is 5.76. The highest BCUT2D eigenvalue weighted by Gasteiger charge is 2.17. The zero-order chi connectivity index (χ0) is 33.6. The van der Waals surface area contributed by atoms with Crippen LogP contribution >= 0.6 is 0 Å². The molecule has 0 heterocycles. The van der Waals surface area contributed by atoms with E-state index in [0.29, 0.717) is 6.42 Å². The summed E-state index contributed by atoms with van der Waals surface area (Å²) < 4.78 is 0. The summed E-state index contributed by atoms with van der Waals surface area (Å²) in [6.45, 7) is 3.89.